The summed E-state index contributed by atoms with van der Waals surface area (Å²) in [6, 6.07) is 44.3. The van der Waals surface area contributed by atoms with Crippen molar-refractivity contribution in [1.29, 1.82) is 0 Å². The average Bonchev–Trinajstić information content (AvgIpc) is 2.96. The molecule has 4 heteroatoms. The van der Waals surface area contributed by atoms with Crippen molar-refractivity contribution in [3.8, 4) is 0 Å². The third kappa shape index (κ3) is 6.73. The fraction of sp³-hybridized carbons (Fsp3) is 0.273. The SMILES string of the molecule is CN1CC(c2ccccc2)NCC(c2ccccc2)NCC(c2ccccc2)NCC1c1ccccc1. The van der Waals surface area contributed by atoms with E-state index in [0.29, 0.717) is 0 Å². The van der Waals surface area contributed by atoms with E-state index in [1.807, 2.05) is 0 Å². The molecule has 4 atom stereocenters. The third-order valence-electron chi connectivity index (χ3n) is 7.49. The fourth-order valence-corrected chi connectivity index (χ4v) is 5.35. The second-order valence-corrected chi connectivity index (χ2v) is 9.98. The van der Waals surface area contributed by atoms with Gasteiger partial charge in [-0.3, -0.25) is 4.90 Å². The quantitative estimate of drug-likeness (QED) is 0.345. The Hall–Kier alpha value is -3.28. The maximum atomic E-state index is 3.93. The molecule has 3 N–H and O–H groups in total. The lowest BCUT2D eigenvalue weighted by Crippen LogP contribution is -2.45. The number of hydrogen-bond acceptors (Lipinski definition) is 4. The van der Waals surface area contributed by atoms with Gasteiger partial charge in [-0.05, 0) is 29.3 Å². The molecule has 1 fully saturated rings. The van der Waals surface area contributed by atoms with Gasteiger partial charge in [0.05, 0.1) is 0 Å². The molecule has 0 aromatic heterocycles. The van der Waals surface area contributed by atoms with E-state index in [1.54, 1.807) is 0 Å². The van der Waals surface area contributed by atoms with Crippen LogP contribution < -0.4 is 16.0 Å². The monoisotopic (exact) mass is 490 g/mol. The summed E-state index contributed by atoms with van der Waals surface area (Å²) in [6.45, 7) is 3.45. The van der Waals surface area contributed by atoms with Crippen LogP contribution in [0, 0.1) is 0 Å². The topological polar surface area (TPSA) is 39.3 Å². The number of nitrogens with zero attached hydrogens (tertiary/aromatic N) is 1. The molecule has 1 saturated heterocycles. The summed E-state index contributed by atoms with van der Waals surface area (Å²) in [5.41, 5.74) is 5.27. The van der Waals surface area contributed by atoms with Gasteiger partial charge in [-0.25, -0.2) is 0 Å². The molecule has 190 valence electrons. The second-order valence-electron chi connectivity index (χ2n) is 9.98. The highest BCUT2D eigenvalue weighted by molar-refractivity contribution is 5.25. The molecule has 0 amide bonds. The van der Waals surface area contributed by atoms with Crippen molar-refractivity contribution >= 4 is 0 Å². The number of hydrogen-bond donors (Lipinski definition) is 3. The first kappa shape index (κ1) is 25.4. The number of benzene rings is 4. The van der Waals surface area contributed by atoms with E-state index in [9.17, 15) is 0 Å². The lowest BCUT2D eigenvalue weighted by Gasteiger charge is -2.36. The minimum absolute atomic E-state index is 0.204. The Morgan fingerprint density at radius 2 is 0.811 bits per heavy atom. The number of likely N-dealkylation sites (N-methyl/N-ethyl adjacent to an activating group) is 1. The predicted octanol–water partition coefficient (Wildman–Crippen LogP) is 5.67. The van der Waals surface area contributed by atoms with E-state index >= 15 is 0 Å². The standard InChI is InChI=1S/C33H38N4/c1-37-25-32(28-18-10-4-11-19-28)35-23-30(26-14-6-2-7-15-26)34-22-31(27-16-8-3-9-17-27)36-24-33(37)29-20-12-5-13-21-29/h2-21,30-36H,22-25H2,1H3. The molecule has 5 rings (SSSR count). The lowest BCUT2D eigenvalue weighted by molar-refractivity contribution is 0.201. The van der Waals surface area contributed by atoms with Gasteiger partial charge >= 0.3 is 0 Å². The van der Waals surface area contributed by atoms with Crippen LogP contribution in [0.15, 0.2) is 121 Å². The molecule has 0 radical (unpaired) electrons. The van der Waals surface area contributed by atoms with Crippen molar-refractivity contribution < 1.29 is 0 Å². The van der Waals surface area contributed by atoms with Crippen LogP contribution in [0.4, 0.5) is 0 Å². The molecule has 4 unspecified atom stereocenters. The zero-order valence-corrected chi connectivity index (χ0v) is 21.6. The molecular formula is C33H38N4. The van der Waals surface area contributed by atoms with Gasteiger partial charge in [0.2, 0.25) is 0 Å². The Bertz CT molecular complexity index is 1180. The maximum Gasteiger partial charge on any atom is 0.0470 e. The van der Waals surface area contributed by atoms with Gasteiger partial charge in [0.1, 0.15) is 0 Å². The highest BCUT2D eigenvalue weighted by Gasteiger charge is 2.25. The van der Waals surface area contributed by atoms with Crippen LogP contribution >= 0.6 is 0 Å². The second kappa shape index (κ2) is 12.8. The Kier molecular flexibility index (Phi) is 8.78. The Morgan fingerprint density at radius 1 is 0.459 bits per heavy atom. The van der Waals surface area contributed by atoms with Crippen molar-refractivity contribution in [2.45, 2.75) is 24.2 Å². The summed E-state index contributed by atoms with van der Waals surface area (Å²) in [7, 11) is 2.26. The predicted molar refractivity (Wildman–Crippen MR) is 153 cm³/mol. The highest BCUT2D eigenvalue weighted by atomic mass is 15.2. The van der Waals surface area contributed by atoms with Gasteiger partial charge < -0.3 is 16.0 Å². The van der Waals surface area contributed by atoms with Crippen molar-refractivity contribution in [3.63, 3.8) is 0 Å². The van der Waals surface area contributed by atoms with Crippen molar-refractivity contribution in [1.82, 2.24) is 20.9 Å². The zero-order chi connectivity index (χ0) is 25.3. The molecule has 4 nitrogen and oxygen atoms in total. The minimum atomic E-state index is 0.204. The smallest absolute Gasteiger partial charge is 0.0470 e. The van der Waals surface area contributed by atoms with Crippen LogP contribution in [0.1, 0.15) is 46.4 Å². The molecule has 0 aliphatic carbocycles. The first-order valence-corrected chi connectivity index (χ1v) is 13.4. The van der Waals surface area contributed by atoms with Crippen molar-refractivity contribution in [2.75, 3.05) is 33.2 Å². The Labute approximate surface area is 221 Å². The van der Waals surface area contributed by atoms with E-state index < -0.39 is 0 Å². The molecule has 1 aliphatic heterocycles. The minimum Gasteiger partial charge on any atom is -0.307 e. The lowest BCUT2D eigenvalue weighted by atomic mass is 9.99. The molecule has 1 heterocycles. The van der Waals surface area contributed by atoms with Gasteiger partial charge in [0.25, 0.3) is 0 Å². The first-order valence-electron chi connectivity index (χ1n) is 13.4. The molecule has 4 aromatic carbocycles. The molecule has 4 aromatic rings. The van der Waals surface area contributed by atoms with E-state index in [0.717, 1.165) is 26.2 Å². The first-order chi connectivity index (χ1) is 18.3. The Morgan fingerprint density at radius 3 is 1.27 bits per heavy atom. The molecule has 37 heavy (non-hydrogen) atoms. The summed E-state index contributed by atoms with van der Waals surface area (Å²) in [5.74, 6) is 0. The summed E-state index contributed by atoms with van der Waals surface area (Å²) in [5, 5.41) is 11.8. The van der Waals surface area contributed by atoms with Crippen molar-refractivity contribution in [2.24, 2.45) is 0 Å². The van der Waals surface area contributed by atoms with Crippen LogP contribution in [0.2, 0.25) is 0 Å². The van der Waals surface area contributed by atoms with Crippen LogP contribution in [-0.2, 0) is 0 Å². The van der Waals surface area contributed by atoms with Gasteiger partial charge in [-0.15, -0.1) is 0 Å². The maximum absolute atomic E-state index is 3.93. The van der Waals surface area contributed by atoms with Crippen molar-refractivity contribution in [3.05, 3.63) is 144 Å². The van der Waals surface area contributed by atoms with Crippen LogP contribution in [0.25, 0.3) is 0 Å². The van der Waals surface area contributed by atoms with Gasteiger partial charge in [-0.2, -0.15) is 0 Å². The summed E-state index contributed by atoms with van der Waals surface area (Å²) < 4.78 is 0. The number of rotatable bonds is 4. The fourth-order valence-electron chi connectivity index (χ4n) is 5.35. The summed E-state index contributed by atoms with van der Waals surface area (Å²) in [6.07, 6.45) is 0. The van der Waals surface area contributed by atoms with E-state index in [-0.39, 0.29) is 24.2 Å². The molecule has 0 saturated carbocycles. The largest absolute Gasteiger partial charge is 0.307 e. The zero-order valence-electron chi connectivity index (χ0n) is 21.6. The van der Waals surface area contributed by atoms with E-state index in [4.69, 9.17) is 0 Å². The van der Waals surface area contributed by atoms with Crippen LogP contribution in [0.5, 0.6) is 0 Å². The molecule has 0 spiro atoms. The van der Waals surface area contributed by atoms with Gasteiger partial charge in [0, 0.05) is 50.3 Å². The average molecular weight is 491 g/mol. The Balaban J connectivity index is 1.48. The highest BCUT2D eigenvalue weighted by Crippen LogP contribution is 2.25. The normalized spacial score (nSPS) is 24.0. The van der Waals surface area contributed by atoms with Gasteiger partial charge in [0.15, 0.2) is 0 Å². The molecular weight excluding hydrogens is 452 g/mol. The third-order valence-corrected chi connectivity index (χ3v) is 7.49. The number of nitrogens with one attached hydrogen (secondary N) is 3. The molecule has 0 bridgehead atoms. The van der Waals surface area contributed by atoms with E-state index in [1.165, 1.54) is 22.3 Å². The van der Waals surface area contributed by atoms with E-state index in [2.05, 4.69) is 149 Å². The van der Waals surface area contributed by atoms with Crippen LogP contribution in [0.3, 0.4) is 0 Å². The summed E-state index contributed by atoms with van der Waals surface area (Å²) in [4.78, 5) is 2.50. The summed E-state index contributed by atoms with van der Waals surface area (Å²) >= 11 is 0. The van der Waals surface area contributed by atoms with Gasteiger partial charge in [-0.1, -0.05) is 121 Å². The van der Waals surface area contributed by atoms with Crippen LogP contribution in [-0.4, -0.2) is 38.1 Å². The molecule has 1 aliphatic rings.